The van der Waals surface area contributed by atoms with Gasteiger partial charge in [0.15, 0.2) is 6.10 Å². The number of ether oxygens (including phenoxy) is 1. The Bertz CT molecular complexity index is 312. The summed E-state index contributed by atoms with van der Waals surface area (Å²) in [6.45, 7) is 6.48. The van der Waals surface area contributed by atoms with Crippen molar-refractivity contribution in [2.75, 3.05) is 13.1 Å². The van der Waals surface area contributed by atoms with Gasteiger partial charge in [0.2, 0.25) is 5.91 Å². The Morgan fingerprint density at radius 1 is 1.33 bits per heavy atom. The number of rotatable bonds is 5. The lowest BCUT2D eigenvalue weighted by atomic mass is 10.1. The molecule has 1 aliphatic heterocycles. The molecule has 1 rings (SSSR count). The Kier molecular flexibility index (Phi) is 5.10. The Morgan fingerprint density at radius 2 is 2.00 bits per heavy atom. The molecule has 104 valence electrons. The minimum Gasteiger partial charge on any atom is -0.479 e. The van der Waals surface area contributed by atoms with Gasteiger partial charge in [0.1, 0.15) is 0 Å². The molecule has 1 amide bonds. The van der Waals surface area contributed by atoms with E-state index in [1.807, 2.05) is 20.8 Å². The Morgan fingerprint density at radius 3 is 2.50 bits per heavy atom. The number of hydrogen-bond acceptors (Lipinski definition) is 4. The van der Waals surface area contributed by atoms with E-state index < -0.39 is 12.1 Å². The minimum absolute atomic E-state index is 0.0738. The fourth-order valence-corrected chi connectivity index (χ4v) is 1.85. The molecule has 0 radical (unpaired) electrons. The molecule has 0 aromatic carbocycles. The van der Waals surface area contributed by atoms with Crippen LogP contribution in [0, 0.1) is 0 Å². The van der Waals surface area contributed by atoms with Crippen molar-refractivity contribution < 1.29 is 19.4 Å². The van der Waals surface area contributed by atoms with Crippen molar-refractivity contribution in [2.24, 2.45) is 0 Å². The Balaban J connectivity index is 2.16. The van der Waals surface area contributed by atoms with Crippen LogP contribution >= 0.6 is 0 Å². The third-order valence-electron chi connectivity index (χ3n) is 2.55. The molecule has 0 aromatic rings. The maximum Gasteiger partial charge on any atom is 0.332 e. The second kappa shape index (κ2) is 6.15. The molecule has 0 bridgehead atoms. The summed E-state index contributed by atoms with van der Waals surface area (Å²) in [6, 6.07) is 0. The molecule has 6 heteroatoms. The number of aliphatic carboxylic acids is 1. The van der Waals surface area contributed by atoms with Crippen LogP contribution in [0.15, 0.2) is 0 Å². The van der Waals surface area contributed by atoms with Gasteiger partial charge in [-0.3, -0.25) is 4.79 Å². The van der Waals surface area contributed by atoms with E-state index in [2.05, 4.69) is 10.6 Å². The van der Waals surface area contributed by atoms with Crippen LogP contribution in [0.3, 0.4) is 0 Å². The van der Waals surface area contributed by atoms with Crippen molar-refractivity contribution in [1.29, 1.82) is 0 Å². The molecule has 6 nitrogen and oxygen atoms in total. The van der Waals surface area contributed by atoms with Crippen LogP contribution in [0.5, 0.6) is 0 Å². The van der Waals surface area contributed by atoms with E-state index in [0.29, 0.717) is 19.4 Å². The Labute approximate surface area is 107 Å². The van der Waals surface area contributed by atoms with Gasteiger partial charge < -0.3 is 20.5 Å². The molecular weight excluding hydrogens is 236 g/mol. The molecule has 1 fully saturated rings. The summed E-state index contributed by atoms with van der Waals surface area (Å²) in [5.74, 6) is -0.988. The fraction of sp³-hybridized carbons (Fsp3) is 0.833. The maximum atomic E-state index is 11.5. The van der Waals surface area contributed by atoms with E-state index in [9.17, 15) is 9.59 Å². The SMILES string of the molecule is CC(C)(C)NC(=O)CNCC1CCC(C(=O)O)O1. The molecule has 3 N–H and O–H groups in total. The van der Waals surface area contributed by atoms with E-state index in [1.54, 1.807) is 0 Å². The van der Waals surface area contributed by atoms with Crippen LogP contribution in [0.4, 0.5) is 0 Å². The van der Waals surface area contributed by atoms with Gasteiger partial charge >= 0.3 is 5.97 Å². The van der Waals surface area contributed by atoms with Crippen LogP contribution in [-0.2, 0) is 14.3 Å². The van der Waals surface area contributed by atoms with Crippen molar-refractivity contribution >= 4 is 11.9 Å². The Hall–Kier alpha value is -1.14. The third kappa shape index (κ3) is 5.46. The van der Waals surface area contributed by atoms with Gasteiger partial charge in [-0.15, -0.1) is 0 Å². The summed E-state index contributed by atoms with van der Waals surface area (Å²) in [7, 11) is 0. The zero-order valence-corrected chi connectivity index (χ0v) is 11.2. The first-order valence-electron chi connectivity index (χ1n) is 6.18. The van der Waals surface area contributed by atoms with E-state index in [4.69, 9.17) is 9.84 Å². The van der Waals surface area contributed by atoms with Gasteiger partial charge in [-0.1, -0.05) is 0 Å². The highest BCUT2D eigenvalue weighted by Gasteiger charge is 2.30. The summed E-state index contributed by atoms with van der Waals surface area (Å²) in [5.41, 5.74) is -0.239. The zero-order valence-electron chi connectivity index (χ0n) is 11.2. The van der Waals surface area contributed by atoms with Crippen molar-refractivity contribution in [2.45, 2.75) is 51.4 Å². The molecule has 0 aromatic heterocycles. The van der Waals surface area contributed by atoms with Crippen LogP contribution < -0.4 is 10.6 Å². The number of nitrogens with one attached hydrogen (secondary N) is 2. The molecule has 18 heavy (non-hydrogen) atoms. The van der Waals surface area contributed by atoms with Gasteiger partial charge in [0.25, 0.3) is 0 Å². The van der Waals surface area contributed by atoms with E-state index in [0.717, 1.165) is 0 Å². The molecule has 2 atom stereocenters. The first-order valence-corrected chi connectivity index (χ1v) is 6.18. The number of carboxylic acids is 1. The smallest absolute Gasteiger partial charge is 0.332 e. The number of hydrogen-bond donors (Lipinski definition) is 3. The van der Waals surface area contributed by atoms with E-state index in [1.165, 1.54) is 0 Å². The molecule has 1 heterocycles. The third-order valence-corrected chi connectivity index (χ3v) is 2.55. The highest BCUT2D eigenvalue weighted by molar-refractivity contribution is 5.78. The number of carboxylic acid groups (broad SMARTS) is 1. The minimum atomic E-state index is -0.914. The summed E-state index contributed by atoms with van der Waals surface area (Å²) in [6.07, 6.45) is 0.439. The topological polar surface area (TPSA) is 87.7 Å². The van der Waals surface area contributed by atoms with Crippen LogP contribution in [-0.4, -0.2) is 47.8 Å². The highest BCUT2D eigenvalue weighted by atomic mass is 16.5. The predicted molar refractivity (Wildman–Crippen MR) is 66.3 cm³/mol. The average Bonchev–Trinajstić information content (AvgIpc) is 2.63. The molecular formula is C12H22N2O4. The summed E-state index contributed by atoms with van der Waals surface area (Å²) in [4.78, 5) is 22.2. The normalized spacial score (nSPS) is 23.9. The van der Waals surface area contributed by atoms with Crippen molar-refractivity contribution in [1.82, 2.24) is 10.6 Å². The van der Waals surface area contributed by atoms with Gasteiger partial charge in [0.05, 0.1) is 12.6 Å². The standard InChI is InChI=1S/C12H22N2O4/c1-12(2,3)14-10(15)7-13-6-8-4-5-9(18-8)11(16)17/h8-9,13H,4-7H2,1-3H3,(H,14,15)(H,16,17). The molecule has 0 aliphatic carbocycles. The van der Waals surface area contributed by atoms with Crippen LogP contribution in [0.2, 0.25) is 0 Å². The second-order valence-electron chi connectivity index (χ2n) is 5.59. The lowest BCUT2D eigenvalue weighted by Gasteiger charge is -2.21. The second-order valence-corrected chi connectivity index (χ2v) is 5.59. The van der Waals surface area contributed by atoms with Gasteiger partial charge in [0, 0.05) is 12.1 Å². The monoisotopic (exact) mass is 258 g/mol. The lowest BCUT2D eigenvalue weighted by Crippen LogP contribution is -2.45. The van der Waals surface area contributed by atoms with Gasteiger partial charge in [-0.2, -0.15) is 0 Å². The predicted octanol–water partition coefficient (Wildman–Crippen LogP) is 0.123. The van der Waals surface area contributed by atoms with Crippen LogP contribution in [0.25, 0.3) is 0 Å². The summed E-state index contributed by atoms with van der Waals surface area (Å²) >= 11 is 0. The molecule has 0 spiro atoms. The lowest BCUT2D eigenvalue weighted by molar-refractivity contribution is -0.149. The fourth-order valence-electron chi connectivity index (χ4n) is 1.85. The quantitative estimate of drug-likeness (QED) is 0.652. The molecule has 1 saturated heterocycles. The van der Waals surface area contributed by atoms with E-state index >= 15 is 0 Å². The van der Waals surface area contributed by atoms with Crippen molar-refractivity contribution in [3.63, 3.8) is 0 Å². The summed E-state index contributed by atoms with van der Waals surface area (Å²) < 4.78 is 5.31. The van der Waals surface area contributed by atoms with E-state index in [-0.39, 0.29) is 24.1 Å². The van der Waals surface area contributed by atoms with Crippen molar-refractivity contribution in [3.8, 4) is 0 Å². The van der Waals surface area contributed by atoms with Gasteiger partial charge in [-0.05, 0) is 33.6 Å². The average molecular weight is 258 g/mol. The van der Waals surface area contributed by atoms with Crippen LogP contribution in [0.1, 0.15) is 33.6 Å². The molecule has 2 unspecified atom stereocenters. The molecule has 0 saturated carbocycles. The van der Waals surface area contributed by atoms with Crippen molar-refractivity contribution in [3.05, 3.63) is 0 Å². The first kappa shape index (κ1) is 14.9. The summed E-state index contributed by atoms with van der Waals surface area (Å²) in [5, 5.41) is 14.6. The largest absolute Gasteiger partial charge is 0.479 e. The highest BCUT2D eigenvalue weighted by Crippen LogP contribution is 2.18. The first-order chi connectivity index (χ1) is 8.28. The number of amides is 1. The maximum absolute atomic E-state index is 11.5. The molecule has 1 aliphatic rings. The number of carbonyl (C=O) groups excluding carboxylic acids is 1. The number of carbonyl (C=O) groups is 2. The zero-order chi connectivity index (χ0) is 13.8. The van der Waals surface area contributed by atoms with Gasteiger partial charge in [-0.25, -0.2) is 4.79 Å².